The Labute approximate surface area is 196 Å². The van der Waals surface area contributed by atoms with Crippen LogP contribution in [-0.2, 0) is 29.0 Å². The minimum Gasteiger partial charge on any atom is -0.373 e. The second kappa shape index (κ2) is 10.5. The molecule has 0 saturated carbocycles. The van der Waals surface area contributed by atoms with E-state index in [1.54, 1.807) is 0 Å². The molecule has 1 atom stereocenters. The molecule has 1 unspecified atom stereocenters. The molecule has 0 N–H and O–H groups in total. The van der Waals surface area contributed by atoms with Crippen molar-refractivity contribution in [1.29, 1.82) is 0 Å². The van der Waals surface area contributed by atoms with Crippen LogP contribution < -0.4 is 0 Å². The van der Waals surface area contributed by atoms with E-state index in [9.17, 15) is 0 Å². The van der Waals surface area contributed by atoms with E-state index in [2.05, 4.69) is 65.2 Å². The minimum absolute atomic E-state index is 0.117. The van der Waals surface area contributed by atoms with E-state index in [4.69, 9.17) is 14.5 Å². The fraction of sp³-hybridized carbons (Fsp3) is 0.393. The zero-order chi connectivity index (χ0) is 22.5. The maximum atomic E-state index is 6.76. The maximum absolute atomic E-state index is 6.76. The molecule has 3 aromatic rings. The van der Waals surface area contributed by atoms with Crippen LogP contribution >= 0.6 is 0 Å². The Balaban J connectivity index is 1.30. The Morgan fingerprint density at radius 2 is 1.79 bits per heavy atom. The van der Waals surface area contributed by atoms with E-state index in [-0.39, 0.29) is 12.2 Å². The van der Waals surface area contributed by atoms with Gasteiger partial charge >= 0.3 is 0 Å². The van der Waals surface area contributed by atoms with E-state index in [1.807, 2.05) is 24.3 Å². The van der Waals surface area contributed by atoms with Gasteiger partial charge < -0.3 is 18.9 Å². The lowest BCUT2D eigenvalue weighted by atomic mass is 10.00. The van der Waals surface area contributed by atoms with Crippen LogP contribution in [-0.4, -0.2) is 47.3 Å². The van der Waals surface area contributed by atoms with E-state index >= 15 is 0 Å². The molecule has 5 heteroatoms. The normalized spacial score (nSPS) is 19.4. The zero-order valence-corrected chi connectivity index (χ0v) is 19.4. The molecule has 0 amide bonds. The van der Waals surface area contributed by atoms with Crippen molar-refractivity contribution in [3.63, 3.8) is 0 Å². The van der Waals surface area contributed by atoms with Gasteiger partial charge in [-0.25, -0.2) is 4.98 Å². The van der Waals surface area contributed by atoms with Gasteiger partial charge in [0.1, 0.15) is 11.9 Å². The summed E-state index contributed by atoms with van der Waals surface area (Å²) >= 11 is 0. The van der Waals surface area contributed by atoms with Gasteiger partial charge in [0.25, 0.3) is 0 Å². The maximum Gasteiger partial charge on any atom is 0.143 e. The monoisotopic (exact) mass is 443 g/mol. The highest BCUT2D eigenvalue weighted by Gasteiger charge is 2.30. The Morgan fingerprint density at radius 3 is 2.64 bits per heavy atom. The highest BCUT2D eigenvalue weighted by Crippen LogP contribution is 2.34. The Morgan fingerprint density at radius 1 is 1.00 bits per heavy atom. The number of ether oxygens (including phenoxy) is 2. The van der Waals surface area contributed by atoms with Gasteiger partial charge in [0, 0.05) is 25.8 Å². The molecule has 3 heterocycles. The molecule has 1 fully saturated rings. The summed E-state index contributed by atoms with van der Waals surface area (Å²) in [6.45, 7) is 4.28. The van der Waals surface area contributed by atoms with Crippen molar-refractivity contribution in [3.8, 4) is 0 Å². The van der Waals surface area contributed by atoms with E-state index in [1.165, 1.54) is 16.7 Å². The van der Waals surface area contributed by atoms with Crippen molar-refractivity contribution >= 4 is 6.08 Å². The van der Waals surface area contributed by atoms with Crippen LogP contribution in [0.15, 0.2) is 66.9 Å². The summed E-state index contributed by atoms with van der Waals surface area (Å²) in [6.07, 6.45) is 9.55. The number of nitrogens with zero attached hydrogens (tertiary/aromatic N) is 3. The minimum atomic E-state index is -0.117. The molecule has 1 saturated heterocycles. The number of aryl methyl sites for hydroxylation is 2. The number of likely N-dealkylation sites (tertiary alicyclic amines) is 1. The lowest BCUT2D eigenvalue weighted by Crippen LogP contribution is -2.35. The highest BCUT2D eigenvalue weighted by atomic mass is 16.5. The van der Waals surface area contributed by atoms with Crippen LogP contribution in [0.3, 0.4) is 0 Å². The van der Waals surface area contributed by atoms with E-state index < -0.39 is 0 Å². The second-order valence-electron chi connectivity index (χ2n) is 9.09. The zero-order valence-electron chi connectivity index (χ0n) is 19.4. The van der Waals surface area contributed by atoms with Crippen molar-refractivity contribution < 1.29 is 9.47 Å². The smallest absolute Gasteiger partial charge is 0.143 e. The summed E-state index contributed by atoms with van der Waals surface area (Å²) in [7, 11) is 2.19. The third kappa shape index (κ3) is 5.44. The average Bonchev–Trinajstić information content (AvgIpc) is 3.20. The molecule has 2 aliphatic rings. The fourth-order valence-electron chi connectivity index (χ4n) is 4.75. The summed E-state index contributed by atoms with van der Waals surface area (Å²) in [5.41, 5.74) is 4.78. The summed E-state index contributed by atoms with van der Waals surface area (Å²) in [4.78, 5) is 7.39. The van der Waals surface area contributed by atoms with Crippen LogP contribution in [0.25, 0.3) is 6.08 Å². The lowest BCUT2D eigenvalue weighted by molar-refractivity contribution is -0.0275. The van der Waals surface area contributed by atoms with Gasteiger partial charge in [0.15, 0.2) is 0 Å². The number of hydrogen-bond acceptors (Lipinski definition) is 4. The van der Waals surface area contributed by atoms with Gasteiger partial charge in [-0.15, -0.1) is 0 Å². The van der Waals surface area contributed by atoms with Crippen LogP contribution in [0.4, 0.5) is 0 Å². The quantitative estimate of drug-likeness (QED) is 0.489. The number of hydrogen-bond donors (Lipinski definition) is 0. The average molecular weight is 444 g/mol. The standard InChI is InChI=1S/C28H33N3O2/c1-30-16-14-25(15-17-30)33-27-26-12-6-5-10-23(26)13-18-31-20-24(29-28(27)31)11-7-19-32-21-22-8-3-2-4-9-22/h2-12,20,25,27H,13-19,21H2,1H3. The number of benzene rings is 2. The largest absolute Gasteiger partial charge is 0.373 e. The third-order valence-electron chi connectivity index (χ3n) is 6.63. The van der Waals surface area contributed by atoms with Crippen molar-refractivity contribution in [2.45, 2.75) is 44.6 Å². The second-order valence-corrected chi connectivity index (χ2v) is 9.09. The van der Waals surface area contributed by atoms with Crippen molar-refractivity contribution in [1.82, 2.24) is 14.5 Å². The number of piperidine rings is 1. The molecule has 5 nitrogen and oxygen atoms in total. The van der Waals surface area contributed by atoms with Crippen LogP contribution in [0.1, 0.15) is 47.2 Å². The topological polar surface area (TPSA) is 39.5 Å². The first-order valence-corrected chi connectivity index (χ1v) is 12.0. The van der Waals surface area contributed by atoms with Crippen LogP contribution in [0.2, 0.25) is 0 Å². The molecule has 0 spiro atoms. The summed E-state index contributed by atoms with van der Waals surface area (Å²) in [6, 6.07) is 19.0. The highest BCUT2D eigenvalue weighted by molar-refractivity contribution is 5.45. The van der Waals surface area contributed by atoms with Gasteiger partial charge in [-0.05, 0) is 49.1 Å². The lowest BCUT2D eigenvalue weighted by Gasteiger charge is -2.32. The summed E-state index contributed by atoms with van der Waals surface area (Å²) < 4.78 is 14.8. The molecule has 0 radical (unpaired) electrons. The molecular weight excluding hydrogens is 410 g/mol. The van der Waals surface area contributed by atoms with Gasteiger partial charge in [-0.3, -0.25) is 0 Å². The van der Waals surface area contributed by atoms with E-state index in [0.29, 0.717) is 13.2 Å². The third-order valence-corrected chi connectivity index (χ3v) is 6.63. The van der Waals surface area contributed by atoms with Crippen LogP contribution in [0.5, 0.6) is 0 Å². The summed E-state index contributed by atoms with van der Waals surface area (Å²) in [5.74, 6) is 1.02. The molecule has 2 aromatic carbocycles. The molecule has 172 valence electrons. The Kier molecular flexibility index (Phi) is 7.01. The Bertz CT molecular complexity index is 1070. The predicted molar refractivity (Wildman–Crippen MR) is 131 cm³/mol. The molecule has 2 aliphatic heterocycles. The van der Waals surface area contributed by atoms with Crippen LogP contribution in [0, 0.1) is 0 Å². The summed E-state index contributed by atoms with van der Waals surface area (Å²) in [5, 5.41) is 0. The van der Waals surface area contributed by atoms with Gasteiger partial charge in [0.05, 0.1) is 25.0 Å². The number of imidazole rings is 1. The van der Waals surface area contributed by atoms with E-state index in [0.717, 1.165) is 50.4 Å². The number of aromatic nitrogens is 2. The SMILES string of the molecule is CN1CCC(OC2c3ccccc3CCn3cc(C=CCOCc4ccccc4)nc32)CC1. The number of fused-ring (bicyclic) bond motifs is 2. The molecule has 1 aromatic heterocycles. The molecule has 0 aliphatic carbocycles. The first-order valence-electron chi connectivity index (χ1n) is 12.0. The molecule has 33 heavy (non-hydrogen) atoms. The molecule has 5 rings (SSSR count). The van der Waals surface area contributed by atoms with Gasteiger partial charge in [0.2, 0.25) is 0 Å². The molecular formula is C28H33N3O2. The van der Waals surface area contributed by atoms with Crippen molar-refractivity contribution in [3.05, 3.63) is 95.1 Å². The predicted octanol–water partition coefficient (Wildman–Crippen LogP) is 4.87. The first kappa shape index (κ1) is 22.1. The number of rotatable bonds is 7. The van der Waals surface area contributed by atoms with Crippen molar-refractivity contribution in [2.75, 3.05) is 26.7 Å². The fourth-order valence-corrected chi connectivity index (χ4v) is 4.75. The first-order chi connectivity index (χ1) is 16.3. The molecule has 0 bridgehead atoms. The Hall–Kier alpha value is -2.73. The van der Waals surface area contributed by atoms with Crippen molar-refractivity contribution in [2.24, 2.45) is 0 Å². The van der Waals surface area contributed by atoms with Gasteiger partial charge in [-0.2, -0.15) is 0 Å². The van der Waals surface area contributed by atoms with Gasteiger partial charge in [-0.1, -0.05) is 60.7 Å².